The summed E-state index contributed by atoms with van der Waals surface area (Å²) < 4.78 is 0. The first-order valence-electron chi connectivity index (χ1n) is 4.00. The van der Waals surface area contributed by atoms with Gasteiger partial charge in [-0.15, -0.1) is 11.3 Å². The maximum Gasteiger partial charge on any atom is 0.178 e. The van der Waals surface area contributed by atoms with Crippen LogP contribution in [0.3, 0.4) is 0 Å². The van der Waals surface area contributed by atoms with E-state index in [2.05, 4.69) is 11.1 Å². The lowest BCUT2D eigenvalue weighted by Crippen LogP contribution is -1.70. The zero-order valence-corrected chi connectivity index (χ0v) is 7.43. The first-order chi connectivity index (χ1) is 5.90. The lowest BCUT2D eigenvalue weighted by atomic mass is 10.2. The Kier molecular flexibility index (Phi) is 2.04. The number of thiazole rings is 1. The Bertz CT molecular complexity index is 327. The van der Waals surface area contributed by atoms with Crippen LogP contribution < -0.4 is 0 Å². The van der Waals surface area contributed by atoms with Crippen molar-refractivity contribution in [3.8, 4) is 0 Å². The quantitative estimate of drug-likeness (QED) is 0.653. The van der Waals surface area contributed by atoms with Gasteiger partial charge in [-0.05, 0) is 24.8 Å². The Morgan fingerprint density at radius 3 is 3.08 bits per heavy atom. The normalized spacial score (nSPS) is 16.2. The largest absolute Gasteiger partial charge is 0.295 e. The standard InChI is InChI=1S/C9H9NOS/c11-6-9-10-5-8(12-9)7-3-1-2-4-7/h3,5-6H,1-2,4H2. The average molecular weight is 179 g/mol. The molecule has 1 aliphatic rings. The maximum atomic E-state index is 10.4. The molecule has 0 saturated heterocycles. The molecule has 0 spiro atoms. The summed E-state index contributed by atoms with van der Waals surface area (Å²) in [5.74, 6) is 0. The molecule has 3 heteroatoms. The number of allylic oxidation sites excluding steroid dienone is 2. The minimum Gasteiger partial charge on any atom is -0.295 e. The monoisotopic (exact) mass is 179 g/mol. The van der Waals surface area contributed by atoms with Crippen LogP contribution in [-0.2, 0) is 0 Å². The Morgan fingerprint density at radius 2 is 2.50 bits per heavy atom. The van der Waals surface area contributed by atoms with Crippen molar-refractivity contribution in [2.24, 2.45) is 0 Å². The van der Waals surface area contributed by atoms with Crippen molar-refractivity contribution in [2.75, 3.05) is 0 Å². The molecule has 1 aromatic heterocycles. The highest BCUT2D eigenvalue weighted by Crippen LogP contribution is 2.30. The van der Waals surface area contributed by atoms with Gasteiger partial charge in [-0.2, -0.15) is 0 Å². The van der Waals surface area contributed by atoms with Gasteiger partial charge in [-0.25, -0.2) is 4.98 Å². The lowest BCUT2D eigenvalue weighted by molar-refractivity contribution is 0.112. The number of carbonyl (C=O) groups is 1. The summed E-state index contributed by atoms with van der Waals surface area (Å²) in [6.07, 6.45) is 8.39. The number of aromatic nitrogens is 1. The molecule has 0 bridgehead atoms. The molecule has 0 unspecified atom stereocenters. The summed E-state index contributed by atoms with van der Waals surface area (Å²) >= 11 is 1.48. The van der Waals surface area contributed by atoms with Gasteiger partial charge in [-0.3, -0.25) is 4.79 Å². The fraction of sp³-hybridized carbons (Fsp3) is 0.333. The summed E-state index contributed by atoms with van der Waals surface area (Å²) in [7, 11) is 0. The van der Waals surface area contributed by atoms with E-state index in [9.17, 15) is 4.79 Å². The molecule has 0 N–H and O–H groups in total. The van der Waals surface area contributed by atoms with E-state index < -0.39 is 0 Å². The number of aldehydes is 1. The second-order valence-corrected chi connectivity index (χ2v) is 3.86. The molecule has 1 heterocycles. The predicted octanol–water partition coefficient (Wildman–Crippen LogP) is 2.52. The summed E-state index contributed by atoms with van der Waals surface area (Å²) in [6, 6.07) is 0. The molecule has 0 amide bonds. The minimum atomic E-state index is 0.581. The zero-order valence-electron chi connectivity index (χ0n) is 6.62. The van der Waals surface area contributed by atoms with Gasteiger partial charge in [0.1, 0.15) is 0 Å². The summed E-state index contributed by atoms with van der Waals surface area (Å²) in [5, 5.41) is 0.581. The fourth-order valence-corrected chi connectivity index (χ4v) is 2.19. The molecule has 2 nitrogen and oxygen atoms in total. The topological polar surface area (TPSA) is 30.0 Å². The van der Waals surface area contributed by atoms with Crippen molar-refractivity contribution in [1.82, 2.24) is 4.98 Å². The third-order valence-electron chi connectivity index (χ3n) is 1.98. The molecule has 1 aliphatic carbocycles. The van der Waals surface area contributed by atoms with Crippen LogP contribution in [0.25, 0.3) is 5.57 Å². The van der Waals surface area contributed by atoms with Crippen molar-refractivity contribution < 1.29 is 4.79 Å². The van der Waals surface area contributed by atoms with Gasteiger partial charge in [0.05, 0.1) is 4.88 Å². The molecule has 0 aliphatic heterocycles. The highest BCUT2D eigenvalue weighted by atomic mass is 32.1. The van der Waals surface area contributed by atoms with Crippen LogP contribution in [0.5, 0.6) is 0 Å². The number of hydrogen-bond acceptors (Lipinski definition) is 3. The van der Waals surface area contributed by atoms with Gasteiger partial charge in [-0.1, -0.05) is 6.08 Å². The van der Waals surface area contributed by atoms with Gasteiger partial charge in [0, 0.05) is 6.20 Å². The van der Waals surface area contributed by atoms with E-state index in [-0.39, 0.29) is 0 Å². The summed E-state index contributed by atoms with van der Waals surface area (Å²) in [6.45, 7) is 0. The fourth-order valence-electron chi connectivity index (χ4n) is 1.39. The van der Waals surface area contributed by atoms with E-state index in [1.807, 2.05) is 0 Å². The van der Waals surface area contributed by atoms with E-state index >= 15 is 0 Å². The van der Waals surface area contributed by atoms with Crippen molar-refractivity contribution in [1.29, 1.82) is 0 Å². The van der Waals surface area contributed by atoms with E-state index in [0.717, 1.165) is 17.6 Å². The van der Waals surface area contributed by atoms with Gasteiger partial charge in [0.2, 0.25) is 0 Å². The van der Waals surface area contributed by atoms with Crippen LogP contribution in [-0.4, -0.2) is 11.3 Å². The Balaban J connectivity index is 2.27. The second-order valence-electron chi connectivity index (χ2n) is 2.80. The van der Waals surface area contributed by atoms with Gasteiger partial charge < -0.3 is 0 Å². The van der Waals surface area contributed by atoms with Crippen LogP contribution in [0.1, 0.15) is 33.9 Å². The van der Waals surface area contributed by atoms with Gasteiger partial charge >= 0.3 is 0 Å². The number of nitrogens with zero attached hydrogens (tertiary/aromatic N) is 1. The minimum absolute atomic E-state index is 0.581. The number of carbonyl (C=O) groups excluding carboxylic acids is 1. The maximum absolute atomic E-state index is 10.4. The Morgan fingerprint density at radius 1 is 1.58 bits per heavy atom. The lowest BCUT2D eigenvalue weighted by Gasteiger charge is -1.92. The molecule has 0 aromatic carbocycles. The molecule has 62 valence electrons. The van der Waals surface area contributed by atoms with Crippen molar-refractivity contribution in [3.63, 3.8) is 0 Å². The van der Waals surface area contributed by atoms with Crippen molar-refractivity contribution in [3.05, 3.63) is 22.2 Å². The molecular formula is C9H9NOS. The number of rotatable bonds is 2. The van der Waals surface area contributed by atoms with Crippen LogP contribution >= 0.6 is 11.3 Å². The molecule has 0 saturated carbocycles. The molecule has 0 radical (unpaired) electrons. The van der Waals surface area contributed by atoms with Crippen LogP contribution in [0, 0.1) is 0 Å². The van der Waals surface area contributed by atoms with Crippen LogP contribution in [0.4, 0.5) is 0 Å². The smallest absolute Gasteiger partial charge is 0.178 e. The Labute approximate surface area is 74.9 Å². The van der Waals surface area contributed by atoms with E-state index in [1.54, 1.807) is 6.20 Å². The summed E-state index contributed by atoms with van der Waals surface area (Å²) in [5.41, 5.74) is 1.36. The van der Waals surface area contributed by atoms with E-state index in [1.165, 1.54) is 29.8 Å². The first-order valence-corrected chi connectivity index (χ1v) is 4.82. The van der Waals surface area contributed by atoms with Crippen molar-refractivity contribution in [2.45, 2.75) is 19.3 Å². The third-order valence-corrected chi connectivity index (χ3v) is 2.98. The molecule has 0 fully saturated rings. The van der Waals surface area contributed by atoms with Crippen LogP contribution in [0.15, 0.2) is 12.3 Å². The zero-order chi connectivity index (χ0) is 8.39. The molecule has 0 atom stereocenters. The highest BCUT2D eigenvalue weighted by Gasteiger charge is 2.09. The molecular weight excluding hydrogens is 170 g/mol. The second kappa shape index (κ2) is 3.19. The predicted molar refractivity (Wildman–Crippen MR) is 49.3 cm³/mol. The molecule has 12 heavy (non-hydrogen) atoms. The third kappa shape index (κ3) is 1.32. The number of hydrogen-bond donors (Lipinski definition) is 0. The highest BCUT2D eigenvalue weighted by molar-refractivity contribution is 7.14. The average Bonchev–Trinajstić information content (AvgIpc) is 2.75. The van der Waals surface area contributed by atoms with E-state index in [0.29, 0.717) is 5.01 Å². The van der Waals surface area contributed by atoms with Crippen LogP contribution in [0.2, 0.25) is 0 Å². The van der Waals surface area contributed by atoms with Crippen molar-refractivity contribution >= 4 is 23.2 Å². The Hall–Kier alpha value is -0.960. The SMILES string of the molecule is O=Cc1ncc(C2=CCCC2)s1. The summed E-state index contributed by atoms with van der Waals surface area (Å²) in [4.78, 5) is 15.5. The molecule has 1 aromatic rings. The van der Waals surface area contributed by atoms with Gasteiger partial charge in [0.15, 0.2) is 11.3 Å². The first kappa shape index (κ1) is 7.68. The van der Waals surface area contributed by atoms with E-state index in [4.69, 9.17) is 0 Å². The van der Waals surface area contributed by atoms with Gasteiger partial charge in [0.25, 0.3) is 0 Å². The molecule has 2 rings (SSSR count).